The number of hydrogen-bond donors (Lipinski definition) is 1. The standard InChI is InChI=1S/C19H24N6O2/c1-4-17-21-18(27-23-17)16-6-5-9-25(16)19(26)20-11-14-13-10-12(2)7-8-15(13)24(3)22-14/h7-8,10,16H,4-6,9,11H2,1-3H3,(H,20,26)/t16-/m0/s1. The third kappa shape index (κ3) is 3.27. The van der Waals surface area contributed by atoms with Gasteiger partial charge in [-0.2, -0.15) is 10.1 Å². The molecule has 1 aliphatic rings. The third-order valence-corrected chi connectivity index (χ3v) is 5.09. The molecule has 0 spiro atoms. The number of nitrogens with zero attached hydrogens (tertiary/aromatic N) is 5. The second-order valence-electron chi connectivity index (χ2n) is 7.00. The van der Waals surface area contributed by atoms with Crippen LogP contribution in [0.2, 0.25) is 0 Å². The minimum atomic E-state index is -0.152. The van der Waals surface area contributed by atoms with Gasteiger partial charge in [-0.05, 0) is 31.9 Å². The number of fused-ring (bicyclic) bond motifs is 1. The fourth-order valence-electron chi connectivity index (χ4n) is 3.66. The molecule has 8 heteroatoms. The Labute approximate surface area is 157 Å². The first-order valence-electron chi connectivity index (χ1n) is 9.36. The lowest BCUT2D eigenvalue weighted by Gasteiger charge is -2.22. The van der Waals surface area contributed by atoms with E-state index < -0.39 is 0 Å². The van der Waals surface area contributed by atoms with Gasteiger partial charge in [-0.25, -0.2) is 4.79 Å². The molecule has 0 bridgehead atoms. The molecule has 1 aliphatic heterocycles. The molecule has 1 fully saturated rings. The summed E-state index contributed by atoms with van der Waals surface area (Å²) in [5.41, 5.74) is 3.10. The van der Waals surface area contributed by atoms with Crippen molar-refractivity contribution >= 4 is 16.9 Å². The van der Waals surface area contributed by atoms with Crippen LogP contribution in [-0.2, 0) is 20.0 Å². The predicted octanol–water partition coefficient (Wildman–Crippen LogP) is 2.87. The third-order valence-electron chi connectivity index (χ3n) is 5.09. The summed E-state index contributed by atoms with van der Waals surface area (Å²) in [5.74, 6) is 1.20. The van der Waals surface area contributed by atoms with Crippen LogP contribution < -0.4 is 5.32 Å². The Balaban J connectivity index is 1.48. The van der Waals surface area contributed by atoms with Gasteiger partial charge >= 0.3 is 6.03 Å². The summed E-state index contributed by atoms with van der Waals surface area (Å²) in [7, 11) is 1.92. The van der Waals surface area contributed by atoms with E-state index in [1.54, 1.807) is 4.90 Å². The Morgan fingerprint density at radius 1 is 1.41 bits per heavy atom. The lowest BCUT2D eigenvalue weighted by Crippen LogP contribution is -2.39. The molecule has 1 atom stereocenters. The summed E-state index contributed by atoms with van der Waals surface area (Å²) in [6.07, 6.45) is 2.48. The van der Waals surface area contributed by atoms with E-state index in [0.717, 1.165) is 29.4 Å². The van der Waals surface area contributed by atoms with Crippen LogP contribution in [-0.4, -0.2) is 37.4 Å². The Bertz CT molecular complexity index is 976. The van der Waals surface area contributed by atoms with Crippen molar-refractivity contribution in [2.75, 3.05) is 6.54 Å². The first-order chi connectivity index (χ1) is 13.1. The first-order valence-corrected chi connectivity index (χ1v) is 9.36. The Morgan fingerprint density at radius 3 is 3.04 bits per heavy atom. The van der Waals surface area contributed by atoms with Crippen LogP contribution in [0.4, 0.5) is 4.79 Å². The van der Waals surface area contributed by atoms with E-state index in [0.29, 0.717) is 31.2 Å². The van der Waals surface area contributed by atoms with Crippen molar-refractivity contribution in [1.29, 1.82) is 0 Å². The summed E-state index contributed by atoms with van der Waals surface area (Å²) in [5, 5.41) is 12.6. The summed E-state index contributed by atoms with van der Waals surface area (Å²) >= 11 is 0. The van der Waals surface area contributed by atoms with Gasteiger partial charge in [0.25, 0.3) is 0 Å². The highest BCUT2D eigenvalue weighted by Crippen LogP contribution is 2.31. The molecule has 2 aromatic heterocycles. The highest BCUT2D eigenvalue weighted by atomic mass is 16.5. The van der Waals surface area contributed by atoms with Crippen LogP contribution in [0, 0.1) is 6.92 Å². The number of aromatic nitrogens is 4. The Hall–Kier alpha value is -2.90. The van der Waals surface area contributed by atoms with Crippen molar-refractivity contribution in [1.82, 2.24) is 30.1 Å². The molecule has 1 saturated heterocycles. The molecule has 3 heterocycles. The zero-order chi connectivity index (χ0) is 19.0. The largest absolute Gasteiger partial charge is 0.337 e. The SMILES string of the molecule is CCc1noc([C@@H]2CCCN2C(=O)NCc2nn(C)c3ccc(C)cc23)n1. The molecule has 4 rings (SSSR count). The molecule has 0 saturated carbocycles. The number of hydrogen-bond acceptors (Lipinski definition) is 5. The molecule has 2 amide bonds. The minimum Gasteiger partial charge on any atom is -0.337 e. The second kappa shape index (κ2) is 7.02. The molecule has 8 nitrogen and oxygen atoms in total. The second-order valence-corrected chi connectivity index (χ2v) is 7.00. The number of aryl methyl sites for hydroxylation is 3. The van der Waals surface area contributed by atoms with Crippen LogP contribution >= 0.6 is 0 Å². The zero-order valence-corrected chi connectivity index (χ0v) is 15.9. The molecule has 0 unspecified atom stereocenters. The van der Waals surface area contributed by atoms with Gasteiger partial charge < -0.3 is 14.7 Å². The maximum Gasteiger partial charge on any atom is 0.318 e. The Kier molecular flexibility index (Phi) is 4.55. The number of benzene rings is 1. The van der Waals surface area contributed by atoms with Crippen molar-refractivity contribution in [2.24, 2.45) is 7.05 Å². The van der Waals surface area contributed by atoms with Crippen molar-refractivity contribution < 1.29 is 9.32 Å². The van der Waals surface area contributed by atoms with Crippen LogP contribution in [0.3, 0.4) is 0 Å². The highest BCUT2D eigenvalue weighted by Gasteiger charge is 2.34. The fourth-order valence-corrected chi connectivity index (χ4v) is 3.66. The van der Waals surface area contributed by atoms with E-state index in [1.807, 2.05) is 18.7 Å². The zero-order valence-electron chi connectivity index (χ0n) is 15.9. The molecule has 27 heavy (non-hydrogen) atoms. The molecular formula is C19H24N6O2. The van der Waals surface area contributed by atoms with Crippen LogP contribution in [0.5, 0.6) is 0 Å². The van der Waals surface area contributed by atoms with Gasteiger partial charge in [-0.1, -0.05) is 23.7 Å². The number of carbonyl (C=O) groups is 1. The Morgan fingerprint density at radius 2 is 2.26 bits per heavy atom. The number of carbonyl (C=O) groups excluding carboxylic acids is 1. The van der Waals surface area contributed by atoms with E-state index >= 15 is 0 Å². The topological polar surface area (TPSA) is 89.1 Å². The van der Waals surface area contributed by atoms with Gasteiger partial charge in [-0.15, -0.1) is 0 Å². The molecule has 142 valence electrons. The number of urea groups is 1. The number of likely N-dealkylation sites (tertiary alicyclic amines) is 1. The average molecular weight is 368 g/mol. The average Bonchev–Trinajstić information content (AvgIpc) is 3.38. The van der Waals surface area contributed by atoms with Gasteiger partial charge in [0.05, 0.1) is 17.8 Å². The van der Waals surface area contributed by atoms with Gasteiger partial charge in [0.1, 0.15) is 6.04 Å². The van der Waals surface area contributed by atoms with Crippen molar-refractivity contribution in [3.05, 3.63) is 41.2 Å². The fraction of sp³-hybridized carbons (Fsp3) is 0.474. The van der Waals surface area contributed by atoms with E-state index in [9.17, 15) is 4.79 Å². The maximum absolute atomic E-state index is 12.8. The summed E-state index contributed by atoms with van der Waals surface area (Å²) in [6.45, 7) is 5.10. The van der Waals surface area contributed by atoms with E-state index in [-0.39, 0.29) is 12.1 Å². The quantitative estimate of drug-likeness (QED) is 0.765. The van der Waals surface area contributed by atoms with Crippen LogP contribution in [0.15, 0.2) is 22.7 Å². The molecule has 0 aliphatic carbocycles. The molecule has 1 aromatic carbocycles. The van der Waals surface area contributed by atoms with E-state index in [2.05, 4.69) is 45.7 Å². The molecular weight excluding hydrogens is 344 g/mol. The van der Waals surface area contributed by atoms with Crippen LogP contribution in [0.25, 0.3) is 10.9 Å². The normalized spacial score (nSPS) is 17.0. The van der Waals surface area contributed by atoms with E-state index in [4.69, 9.17) is 4.52 Å². The van der Waals surface area contributed by atoms with Crippen molar-refractivity contribution in [2.45, 2.75) is 45.7 Å². The molecule has 1 N–H and O–H groups in total. The minimum absolute atomic E-state index is 0.125. The highest BCUT2D eigenvalue weighted by molar-refractivity contribution is 5.83. The monoisotopic (exact) mass is 368 g/mol. The number of nitrogens with one attached hydrogen (secondary N) is 1. The van der Waals surface area contributed by atoms with Gasteiger partial charge in [0.15, 0.2) is 5.82 Å². The predicted molar refractivity (Wildman–Crippen MR) is 100 cm³/mol. The summed E-state index contributed by atoms with van der Waals surface area (Å²) < 4.78 is 7.21. The van der Waals surface area contributed by atoms with Gasteiger partial charge in [0, 0.05) is 25.4 Å². The summed E-state index contributed by atoms with van der Waals surface area (Å²) in [6, 6.07) is 5.95. The number of amides is 2. The first kappa shape index (κ1) is 17.5. The lowest BCUT2D eigenvalue weighted by molar-refractivity contribution is 0.180. The molecule has 3 aromatic rings. The lowest BCUT2D eigenvalue weighted by atomic mass is 10.1. The van der Waals surface area contributed by atoms with Gasteiger partial charge in [-0.3, -0.25) is 4.68 Å². The van der Waals surface area contributed by atoms with E-state index in [1.165, 1.54) is 5.56 Å². The maximum atomic E-state index is 12.8. The van der Waals surface area contributed by atoms with Gasteiger partial charge in [0.2, 0.25) is 5.89 Å². The van der Waals surface area contributed by atoms with Crippen molar-refractivity contribution in [3.63, 3.8) is 0 Å². The van der Waals surface area contributed by atoms with Crippen LogP contribution in [0.1, 0.15) is 48.8 Å². The smallest absolute Gasteiger partial charge is 0.318 e. The summed E-state index contributed by atoms with van der Waals surface area (Å²) in [4.78, 5) is 19.0. The van der Waals surface area contributed by atoms with Crippen molar-refractivity contribution in [3.8, 4) is 0 Å². The number of rotatable bonds is 4. The molecule has 0 radical (unpaired) electrons.